The second-order valence-corrected chi connectivity index (χ2v) is 3.80. The number of allylic oxidation sites excluding steroid dienone is 1. The van der Waals surface area contributed by atoms with E-state index < -0.39 is 17.8 Å². The van der Waals surface area contributed by atoms with Crippen LogP contribution in [0.2, 0.25) is 0 Å². The second-order valence-electron chi connectivity index (χ2n) is 3.80. The Kier molecular flexibility index (Phi) is 4.11. The van der Waals surface area contributed by atoms with E-state index in [2.05, 4.69) is 0 Å². The van der Waals surface area contributed by atoms with Crippen LogP contribution < -0.4 is 4.90 Å². The van der Waals surface area contributed by atoms with Crippen LogP contribution in [0.4, 0.5) is 23.2 Å². The molecule has 0 bridgehead atoms. The molecule has 0 N–H and O–H groups in total. The molecule has 18 heavy (non-hydrogen) atoms. The summed E-state index contributed by atoms with van der Waals surface area (Å²) in [5.74, 6) is 0. The average Bonchev–Trinajstić information content (AvgIpc) is 2.24. The monoisotopic (exact) mass is 261 g/mol. The second kappa shape index (κ2) is 5.20. The molecular formula is C12H11F4NO. The molecule has 1 aromatic carbocycles. The SMILES string of the molecule is CN(C)c1ccc(C=CC(=O)F)c(C(F)(F)F)c1. The van der Waals surface area contributed by atoms with Crippen molar-refractivity contribution < 1.29 is 22.4 Å². The van der Waals surface area contributed by atoms with E-state index in [9.17, 15) is 22.4 Å². The molecule has 0 saturated heterocycles. The highest BCUT2D eigenvalue weighted by Gasteiger charge is 2.33. The van der Waals surface area contributed by atoms with Gasteiger partial charge in [0.2, 0.25) is 0 Å². The summed E-state index contributed by atoms with van der Waals surface area (Å²) in [6.07, 6.45) is -3.30. The lowest BCUT2D eigenvalue weighted by Crippen LogP contribution is -2.12. The van der Waals surface area contributed by atoms with Crippen molar-refractivity contribution in [3.05, 3.63) is 35.4 Å². The normalized spacial score (nSPS) is 11.9. The van der Waals surface area contributed by atoms with Crippen LogP contribution in [0.5, 0.6) is 0 Å². The highest BCUT2D eigenvalue weighted by atomic mass is 19.4. The Morgan fingerprint density at radius 1 is 1.28 bits per heavy atom. The van der Waals surface area contributed by atoms with Crippen LogP contribution in [0, 0.1) is 0 Å². The molecule has 0 saturated carbocycles. The number of halogens is 4. The molecule has 1 rings (SSSR count). The van der Waals surface area contributed by atoms with Crippen molar-refractivity contribution in [3.8, 4) is 0 Å². The molecule has 0 unspecified atom stereocenters. The largest absolute Gasteiger partial charge is 0.417 e. The van der Waals surface area contributed by atoms with Gasteiger partial charge >= 0.3 is 12.2 Å². The first kappa shape index (κ1) is 14.2. The summed E-state index contributed by atoms with van der Waals surface area (Å²) in [6, 6.07) is 1.80. The maximum atomic E-state index is 12.8. The third-order valence-electron chi connectivity index (χ3n) is 2.25. The summed E-state index contributed by atoms with van der Waals surface area (Å²) in [6.45, 7) is 0. The molecule has 0 aromatic heterocycles. The van der Waals surface area contributed by atoms with Gasteiger partial charge < -0.3 is 4.90 Å². The minimum absolute atomic E-state index is 0.251. The molecule has 0 spiro atoms. The van der Waals surface area contributed by atoms with Gasteiger partial charge in [-0.1, -0.05) is 6.07 Å². The van der Waals surface area contributed by atoms with Gasteiger partial charge in [0.15, 0.2) is 0 Å². The first-order chi connectivity index (χ1) is 8.21. The van der Waals surface area contributed by atoms with Crippen LogP contribution in [0.15, 0.2) is 24.3 Å². The molecule has 0 heterocycles. The van der Waals surface area contributed by atoms with Crippen molar-refractivity contribution in [2.75, 3.05) is 19.0 Å². The number of rotatable bonds is 3. The first-order valence-corrected chi connectivity index (χ1v) is 4.98. The Balaban J connectivity index is 3.30. The molecule has 0 amide bonds. The van der Waals surface area contributed by atoms with E-state index in [0.717, 1.165) is 12.1 Å². The van der Waals surface area contributed by atoms with Crippen LogP contribution in [0.3, 0.4) is 0 Å². The number of carbonyl (C=O) groups is 1. The fourth-order valence-electron chi connectivity index (χ4n) is 1.37. The van der Waals surface area contributed by atoms with Gasteiger partial charge in [0, 0.05) is 25.9 Å². The predicted molar refractivity (Wildman–Crippen MR) is 60.9 cm³/mol. The molecule has 0 atom stereocenters. The number of hydrogen-bond acceptors (Lipinski definition) is 2. The molecule has 0 aliphatic heterocycles. The molecule has 2 nitrogen and oxygen atoms in total. The number of anilines is 1. The van der Waals surface area contributed by atoms with E-state index in [4.69, 9.17) is 0 Å². The summed E-state index contributed by atoms with van der Waals surface area (Å²) in [5, 5.41) is 0. The Morgan fingerprint density at radius 3 is 2.33 bits per heavy atom. The van der Waals surface area contributed by atoms with E-state index in [1.165, 1.54) is 17.0 Å². The maximum Gasteiger partial charge on any atom is 0.417 e. The molecule has 0 fully saturated rings. The number of nitrogens with zero attached hydrogens (tertiary/aromatic N) is 1. The van der Waals surface area contributed by atoms with Gasteiger partial charge in [-0.05, 0) is 23.8 Å². The molecule has 1 aromatic rings. The molecule has 0 aliphatic rings. The summed E-state index contributed by atoms with van der Waals surface area (Å²) in [7, 11) is 3.21. The quantitative estimate of drug-likeness (QED) is 0.473. The predicted octanol–water partition coefficient (Wildman–Crippen LogP) is 3.28. The van der Waals surface area contributed by atoms with E-state index in [1.54, 1.807) is 14.1 Å². The fourth-order valence-corrected chi connectivity index (χ4v) is 1.37. The number of alkyl halides is 3. The van der Waals surface area contributed by atoms with Crippen molar-refractivity contribution in [1.29, 1.82) is 0 Å². The van der Waals surface area contributed by atoms with Crippen molar-refractivity contribution in [1.82, 2.24) is 0 Å². The zero-order valence-electron chi connectivity index (χ0n) is 9.75. The highest BCUT2D eigenvalue weighted by Crippen LogP contribution is 2.34. The first-order valence-electron chi connectivity index (χ1n) is 4.98. The number of hydrogen-bond donors (Lipinski definition) is 0. The molecular weight excluding hydrogens is 250 g/mol. The van der Waals surface area contributed by atoms with Crippen LogP contribution in [-0.2, 0) is 11.0 Å². The fraction of sp³-hybridized carbons (Fsp3) is 0.250. The van der Waals surface area contributed by atoms with Crippen LogP contribution in [0.1, 0.15) is 11.1 Å². The van der Waals surface area contributed by atoms with Crippen molar-refractivity contribution in [2.45, 2.75) is 6.18 Å². The number of benzene rings is 1. The van der Waals surface area contributed by atoms with Crippen molar-refractivity contribution in [3.63, 3.8) is 0 Å². The highest BCUT2D eigenvalue weighted by molar-refractivity contribution is 5.86. The average molecular weight is 261 g/mol. The standard InChI is InChI=1S/C12H11F4NO/c1-17(2)9-5-3-8(4-6-11(13)18)10(7-9)12(14,15)16/h3-7H,1-2H3. The topological polar surface area (TPSA) is 20.3 Å². The van der Waals surface area contributed by atoms with Gasteiger partial charge in [-0.3, -0.25) is 4.79 Å². The molecule has 0 aliphatic carbocycles. The summed E-state index contributed by atoms with van der Waals surface area (Å²) < 4.78 is 50.4. The molecule has 6 heteroatoms. The third kappa shape index (κ3) is 3.58. The van der Waals surface area contributed by atoms with Gasteiger partial charge in [-0.2, -0.15) is 17.6 Å². The summed E-state index contributed by atoms with van der Waals surface area (Å²) in [5.41, 5.74) is -0.795. The lowest BCUT2D eigenvalue weighted by molar-refractivity contribution is -0.137. The van der Waals surface area contributed by atoms with Gasteiger partial charge in [0.05, 0.1) is 5.56 Å². The van der Waals surface area contributed by atoms with Gasteiger partial charge in [0.25, 0.3) is 0 Å². The van der Waals surface area contributed by atoms with E-state index >= 15 is 0 Å². The number of carbonyl (C=O) groups excluding carboxylic acids is 1. The van der Waals surface area contributed by atoms with Crippen LogP contribution in [0.25, 0.3) is 6.08 Å². The lowest BCUT2D eigenvalue weighted by atomic mass is 10.1. The summed E-state index contributed by atoms with van der Waals surface area (Å²) in [4.78, 5) is 11.6. The third-order valence-corrected chi connectivity index (χ3v) is 2.25. The Hall–Kier alpha value is -1.85. The molecule has 0 radical (unpaired) electrons. The Bertz CT molecular complexity index is 477. The van der Waals surface area contributed by atoms with E-state index in [1.807, 2.05) is 0 Å². The van der Waals surface area contributed by atoms with Crippen molar-refractivity contribution >= 4 is 17.8 Å². The van der Waals surface area contributed by atoms with Crippen LogP contribution in [-0.4, -0.2) is 20.1 Å². The molecule has 98 valence electrons. The van der Waals surface area contributed by atoms with Gasteiger partial charge in [-0.15, -0.1) is 0 Å². The van der Waals surface area contributed by atoms with Crippen LogP contribution >= 0.6 is 0 Å². The Labute approximate surface area is 102 Å². The van der Waals surface area contributed by atoms with E-state index in [-0.39, 0.29) is 5.56 Å². The van der Waals surface area contributed by atoms with Gasteiger partial charge in [0.1, 0.15) is 0 Å². The minimum Gasteiger partial charge on any atom is -0.378 e. The smallest absolute Gasteiger partial charge is 0.378 e. The zero-order chi connectivity index (χ0) is 13.9. The van der Waals surface area contributed by atoms with Gasteiger partial charge in [-0.25, -0.2) is 0 Å². The van der Waals surface area contributed by atoms with E-state index in [0.29, 0.717) is 11.8 Å². The Morgan fingerprint density at radius 2 is 1.89 bits per heavy atom. The zero-order valence-corrected chi connectivity index (χ0v) is 9.75. The lowest BCUT2D eigenvalue weighted by Gasteiger charge is -2.17. The summed E-state index contributed by atoms with van der Waals surface area (Å²) >= 11 is 0. The maximum absolute atomic E-state index is 12.8. The minimum atomic E-state index is -4.56. The van der Waals surface area contributed by atoms with Crippen molar-refractivity contribution in [2.24, 2.45) is 0 Å².